The van der Waals surface area contributed by atoms with Crippen LogP contribution in [0, 0.1) is 11.8 Å². The number of amides is 1. The quantitative estimate of drug-likeness (QED) is 0.750. The molecule has 0 atom stereocenters. The second-order valence-electron chi connectivity index (χ2n) is 5.95. The minimum atomic E-state index is 0.356. The van der Waals surface area contributed by atoms with E-state index in [1.54, 1.807) is 0 Å². The molecule has 0 aliphatic carbocycles. The maximum Gasteiger partial charge on any atom is 0.236 e. The van der Waals surface area contributed by atoms with Crippen LogP contribution in [-0.2, 0) is 4.79 Å². The second-order valence-corrected chi connectivity index (χ2v) is 5.95. The van der Waals surface area contributed by atoms with E-state index in [2.05, 4.69) is 23.6 Å². The summed E-state index contributed by atoms with van der Waals surface area (Å²) < 4.78 is 0. The third-order valence-corrected chi connectivity index (χ3v) is 4.39. The first-order valence-electron chi connectivity index (χ1n) is 7.17. The van der Waals surface area contributed by atoms with Gasteiger partial charge in [0.25, 0.3) is 0 Å². The molecule has 0 unspecified atom stereocenters. The Morgan fingerprint density at radius 2 is 1.71 bits per heavy atom. The molecule has 0 bridgehead atoms. The molecule has 2 heterocycles. The van der Waals surface area contributed by atoms with Crippen LogP contribution in [0.3, 0.4) is 0 Å². The molecule has 0 spiro atoms. The summed E-state index contributed by atoms with van der Waals surface area (Å²) in [7, 11) is 0. The highest BCUT2D eigenvalue weighted by molar-refractivity contribution is 5.78. The number of rotatable bonds is 3. The molecule has 17 heavy (non-hydrogen) atoms. The van der Waals surface area contributed by atoms with Crippen molar-refractivity contribution >= 4 is 5.91 Å². The lowest BCUT2D eigenvalue weighted by Gasteiger charge is -2.34. The molecule has 0 aromatic heterocycles. The molecule has 3 heteroatoms. The SMILES string of the molecule is CC(C)C1CCN(C(=O)CN2CCCC2)CC1. The number of nitrogens with zero attached hydrogens (tertiary/aromatic N) is 2. The molecule has 2 aliphatic heterocycles. The monoisotopic (exact) mass is 238 g/mol. The Bertz CT molecular complexity index is 251. The van der Waals surface area contributed by atoms with Crippen LogP contribution in [0.2, 0.25) is 0 Å². The summed E-state index contributed by atoms with van der Waals surface area (Å²) in [5, 5.41) is 0. The maximum absolute atomic E-state index is 12.1. The van der Waals surface area contributed by atoms with Crippen LogP contribution in [0.4, 0.5) is 0 Å². The van der Waals surface area contributed by atoms with Crippen molar-refractivity contribution in [1.82, 2.24) is 9.80 Å². The van der Waals surface area contributed by atoms with E-state index < -0.39 is 0 Å². The molecule has 1 amide bonds. The first kappa shape index (κ1) is 12.9. The fraction of sp³-hybridized carbons (Fsp3) is 0.929. The third-order valence-electron chi connectivity index (χ3n) is 4.39. The van der Waals surface area contributed by atoms with Crippen LogP contribution in [0.25, 0.3) is 0 Å². The summed E-state index contributed by atoms with van der Waals surface area (Å²) in [5.74, 6) is 1.95. The smallest absolute Gasteiger partial charge is 0.236 e. The molecule has 2 aliphatic rings. The van der Waals surface area contributed by atoms with Crippen molar-refractivity contribution in [1.29, 1.82) is 0 Å². The average Bonchev–Trinajstić information content (AvgIpc) is 2.82. The van der Waals surface area contributed by atoms with Gasteiger partial charge in [-0.3, -0.25) is 9.69 Å². The normalized spacial score (nSPS) is 23.6. The summed E-state index contributed by atoms with van der Waals surface area (Å²) >= 11 is 0. The lowest BCUT2D eigenvalue weighted by atomic mass is 9.87. The predicted molar refractivity (Wildman–Crippen MR) is 69.8 cm³/mol. The summed E-state index contributed by atoms with van der Waals surface area (Å²) in [6.45, 7) is 9.46. The van der Waals surface area contributed by atoms with E-state index in [9.17, 15) is 4.79 Å². The number of carbonyl (C=O) groups is 1. The molecule has 0 saturated carbocycles. The van der Waals surface area contributed by atoms with Crippen molar-refractivity contribution in [2.24, 2.45) is 11.8 Å². The van der Waals surface area contributed by atoms with Crippen LogP contribution in [0.1, 0.15) is 39.5 Å². The minimum absolute atomic E-state index is 0.356. The number of hydrogen-bond acceptors (Lipinski definition) is 2. The van der Waals surface area contributed by atoms with E-state index in [0.29, 0.717) is 12.5 Å². The molecule has 0 aromatic carbocycles. The Labute approximate surface area is 105 Å². The van der Waals surface area contributed by atoms with Crippen LogP contribution in [-0.4, -0.2) is 48.4 Å². The second kappa shape index (κ2) is 5.85. The van der Waals surface area contributed by atoms with Gasteiger partial charge in [-0.05, 0) is 50.6 Å². The van der Waals surface area contributed by atoms with Gasteiger partial charge < -0.3 is 4.90 Å². The standard InChI is InChI=1S/C14H26N2O/c1-12(2)13-5-9-16(10-6-13)14(17)11-15-7-3-4-8-15/h12-13H,3-11H2,1-2H3. The van der Waals surface area contributed by atoms with Gasteiger partial charge in [0.1, 0.15) is 0 Å². The van der Waals surface area contributed by atoms with Gasteiger partial charge in [0.2, 0.25) is 5.91 Å². The number of piperidine rings is 1. The van der Waals surface area contributed by atoms with Crippen LogP contribution in [0.5, 0.6) is 0 Å². The highest BCUT2D eigenvalue weighted by Gasteiger charge is 2.25. The highest BCUT2D eigenvalue weighted by atomic mass is 16.2. The van der Waals surface area contributed by atoms with Gasteiger partial charge in [0.15, 0.2) is 0 Å². The zero-order valence-corrected chi connectivity index (χ0v) is 11.3. The fourth-order valence-corrected chi connectivity index (χ4v) is 3.05. The largest absolute Gasteiger partial charge is 0.342 e. The number of hydrogen-bond donors (Lipinski definition) is 0. The van der Waals surface area contributed by atoms with Gasteiger partial charge in [-0.15, -0.1) is 0 Å². The van der Waals surface area contributed by atoms with E-state index in [0.717, 1.165) is 38.0 Å². The lowest BCUT2D eigenvalue weighted by molar-refractivity contribution is -0.133. The molecule has 0 aromatic rings. The Morgan fingerprint density at radius 1 is 1.12 bits per heavy atom. The topological polar surface area (TPSA) is 23.6 Å². The molecule has 2 fully saturated rings. The van der Waals surface area contributed by atoms with E-state index in [4.69, 9.17) is 0 Å². The highest BCUT2D eigenvalue weighted by Crippen LogP contribution is 2.24. The Balaban J connectivity index is 1.74. The first-order valence-corrected chi connectivity index (χ1v) is 7.17. The van der Waals surface area contributed by atoms with Crippen molar-refractivity contribution in [2.75, 3.05) is 32.7 Å². The van der Waals surface area contributed by atoms with Gasteiger partial charge in [-0.1, -0.05) is 13.8 Å². The van der Waals surface area contributed by atoms with Gasteiger partial charge >= 0.3 is 0 Å². The third kappa shape index (κ3) is 3.44. The van der Waals surface area contributed by atoms with Crippen LogP contribution < -0.4 is 0 Å². The summed E-state index contributed by atoms with van der Waals surface area (Å²) in [4.78, 5) is 16.5. The molecule has 0 radical (unpaired) electrons. The number of carbonyl (C=O) groups excluding carboxylic acids is 1. The molecule has 98 valence electrons. The van der Waals surface area contributed by atoms with Gasteiger partial charge in [0, 0.05) is 13.1 Å². The molecular formula is C14H26N2O. The van der Waals surface area contributed by atoms with E-state index in [1.165, 1.54) is 25.7 Å². The summed E-state index contributed by atoms with van der Waals surface area (Å²) in [5.41, 5.74) is 0. The Kier molecular flexibility index (Phi) is 4.43. The molecule has 3 nitrogen and oxygen atoms in total. The molecule has 2 rings (SSSR count). The van der Waals surface area contributed by atoms with Gasteiger partial charge in [-0.25, -0.2) is 0 Å². The maximum atomic E-state index is 12.1. The van der Waals surface area contributed by atoms with Crippen LogP contribution >= 0.6 is 0 Å². The van der Waals surface area contributed by atoms with Gasteiger partial charge in [0.05, 0.1) is 6.54 Å². The summed E-state index contributed by atoms with van der Waals surface area (Å²) in [6, 6.07) is 0. The van der Waals surface area contributed by atoms with Crippen molar-refractivity contribution in [3.8, 4) is 0 Å². The molecule has 2 saturated heterocycles. The number of likely N-dealkylation sites (tertiary alicyclic amines) is 2. The Hall–Kier alpha value is -0.570. The van der Waals surface area contributed by atoms with E-state index >= 15 is 0 Å². The lowest BCUT2D eigenvalue weighted by Crippen LogP contribution is -2.44. The zero-order valence-electron chi connectivity index (χ0n) is 11.3. The van der Waals surface area contributed by atoms with E-state index in [-0.39, 0.29) is 0 Å². The van der Waals surface area contributed by atoms with Crippen LogP contribution in [0.15, 0.2) is 0 Å². The molecule has 0 N–H and O–H groups in total. The molecular weight excluding hydrogens is 212 g/mol. The predicted octanol–water partition coefficient (Wildman–Crippen LogP) is 1.98. The first-order chi connectivity index (χ1) is 8.16. The minimum Gasteiger partial charge on any atom is -0.342 e. The summed E-state index contributed by atoms with van der Waals surface area (Å²) in [6.07, 6.45) is 4.93. The van der Waals surface area contributed by atoms with Crippen molar-refractivity contribution in [3.63, 3.8) is 0 Å². The average molecular weight is 238 g/mol. The van der Waals surface area contributed by atoms with E-state index in [1.807, 2.05) is 0 Å². The van der Waals surface area contributed by atoms with Crippen molar-refractivity contribution < 1.29 is 4.79 Å². The fourth-order valence-electron chi connectivity index (χ4n) is 3.05. The Morgan fingerprint density at radius 3 is 2.24 bits per heavy atom. The van der Waals surface area contributed by atoms with Crippen molar-refractivity contribution in [3.05, 3.63) is 0 Å². The van der Waals surface area contributed by atoms with Gasteiger partial charge in [-0.2, -0.15) is 0 Å². The van der Waals surface area contributed by atoms with Crippen molar-refractivity contribution in [2.45, 2.75) is 39.5 Å². The zero-order chi connectivity index (χ0) is 12.3.